The molecule has 0 unspecified atom stereocenters. The van der Waals surface area contributed by atoms with Crippen molar-refractivity contribution in [1.82, 2.24) is 9.55 Å². The van der Waals surface area contributed by atoms with Gasteiger partial charge in [0, 0.05) is 30.3 Å². The Hall–Kier alpha value is -2.93. The summed E-state index contributed by atoms with van der Waals surface area (Å²) in [6, 6.07) is 13.1. The summed E-state index contributed by atoms with van der Waals surface area (Å²) in [5, 5.41) is 0.465. The standard InChI is InChI=1S/C22H21FN2O3S/c1-14-19(11-15-6-4-8-17(23)10-15)21(27)25(2)22(24-14)29-13-20(26)16-7-5-9-18(12-16)28-3/h4-10,12H,11,13H2,1-3H3. The van der Waals surface area contributed by atoms with Gasteiger partial charge in [-0.3, -0.25) is 14.2 Å². The fourth-order valence-corrected chi connectivity index (χ4v) is 3.83. The Morgan fingerprint density at radius 2 is 1.97 bits per heavy atom. The molecule has 29 heavy (non-hydrogen) atoms. The Morgan fingerprint density at radius 1 is 1.21 bits per heavy atom. The van der Waals surface area contributed by atoms with E-state index >= 15 is 0 Å². The molecule has 0 N–H and O–H groups in total. The lowest BCUT2D eigenvalue weighted by Gasteiger charge is -2.12. The summed E-state index contributed by atoms with van der Waals surface area (Å²) in [5.41, 5.74) is 2.15. The Kier molecular flexibility index (Phi) is 6.49. The second kappa shape index (κ2) is 9.05. The van der Waals surface area contributed by atoms with E-state index in [2.05, 4.69) is 4.98 Å². The largest absolute Gasteiger partial charge is 0.497 e. The minimum absolute atomic E-state index is 0.0790. The van der Waals surface area contributed by atoms with Gasteiger partial charge in [0.15, 0.2) is 10.9 Å². The van der Waals surface area contributed by atoms with E-state index in [1.54, 1.807) is 57.5 Å². The number of rotatable bonds is 7. The Balaban J connectivity index is 1.78. The number of Topliss-reactive ketones (excluding diaryl/α,β-unsaturated/α-hetero) is 1. The molecule has 2 aromatic carbocycles. The van der Waals surface area contributed by atoms with Crippen molar-refractivity contribution in [3.8, 4) is 5.75 Å². The van der Waals surface area contributed by atoms with Gasteiger partial charge in [-0.2, -0.15) is 0 Å². The van der Waals surface area contributed by atoms with E-state index in [-0.39, 0.29) is 22.9 Å². The molecule has 0 fully saturated rings. The van der Waals surface area contributed by atoms with Crippen LogP contribution in [0.4, 0.5) is 4.39 Å². The summed E-state index contributed by atoms with van der Waals surface area (Å²) in [6.07, 6.45) is 0.303. The van der Waals surface area contributed by atoms with Gasteiger partial charge in [-0.1, -0.05) is 36.0 Å². The average Bonchev–Trinajstić information content (AvgIpc) is 2.72. The first-order valence-electron chi connectivity index (χ1n) is 9.00. The number of aryl methyl sites for hydroxylation is 1. The van der Waals surface area contributed by atoms with Crippen LogP contribution in [0.15, 0.2) is 58.5 Å². The van der Waals surface area contributed by atoms with Crippen molar-refractivity contribution >= 4 is 17.5 Å². The van der Waals surface area contributed by atoms with Crippen LogP contribution in [-0.2, 0) is 13.5 Å². The molecule has 0 spiro atoms. The highest BCUT2D eigenvalue weighted by molar-refractivity contribution is 7.99. The van der Waals surface area contributed by atoms with E-state index in [4.69, 9.17) is 4.74 Å². The number of methoxy groups -OCH3 is 1. The molecule has 0 atom stereocenters. The van der Waals surface area contributed by atoms with Gasteiger partial charge in [0.05, 0.1) is 12.9 Å². The van der Waals surface area contributed by atoms with Crippen LogP contribution >= 0.6 is 11.8 Å². The second-order valence-electron chi connectivity index (χ2n) is 6.57. The molecule has 7 heteroatoms. The van der Waals surface area contributed by atoms with E-state index in [1.165, 1.54) is 28.5 Å². The molecule has 0 amide bonds. The average molecular weight is 412 g/mol. The minimum atomic E-state index is -0.340. The third-order valence-corrected chi connectivity index (χ3v) is 5.57. The maximum absolute atomic E-state index is 13.4. The number of carbonyl (C=O) groups is 1. The second-order valence-corrected chi connectivity index (χ2v) is 7.52. The van der Waals surface area contributed by atoms with Crippen LogP contribution in [0.3, 0.4) is 0 Å². The first kappa shape index (κ1) is 20.8. The third-order valence-electron chi connectivity index (χ3n) is 4.54. The smallest absolute Gasteiger partial charge is 0.257 e. The van der Waals surface area contributed by atoms with Crippen LogP contribution in [0.2, 0.25) is 0 Å². The molecule has 0 radical (unpaired) electrons. The lowest BCUT2D eigenvalue weighted by atomic mass is 10.1. The molecule has 3 rings (SSSR count). The zero-order valence-corrected chi connectivity index (χ0v) is 17.3. The zero-order chi connectivity index (χ0) is 21.0. The summed E-state index contributed by atoms with van der Waals surface area (Å²) < 4.78 is 20.0. The monoisotopic (exact) mass is 412 g/mol. The zero-order valence-electron chi connectivity index (χ0n) is 16.4. The molecule has 0 saturated carbocycles. The molecule has 0 bridgehead atoms. The normalized spacial score (nSPS) is 10.8. The first-order chi connectivity index (χ1) is 13.9. The molecule has 0 saturated heterocycles. The van der Waals surface area contributed by atoms with Gasteiger partial charge in [-0.15, -0.1) is 0 Å². The van der Waals surface area contributed by atoms with Crippen LogP contribution < -0.4 is 10.3 Å². The van der Waals surface area contributed by atoms with Crippen molar-refractivity contribution < 1.29 is 13.9 Å². The predicted molar refractivity (Wildman–Crippen MR) is 111 cm³/mol. The third kappa shape index (κ3) is 4.92. The minimum Gasteiger partial charge on any atom is -0.497 e. The van der Waals surface area contributed by atoms with Gasteiger partial charge in [-0.25, -0.2) is 9.37 Å². The van der Waals surface area contributed by atoms with E-state index in [1.807, 2.05) is 0 Å². The van der Waals surface area contributed by atoms with Crippen LogP contribution in [-0.4, -0.2) is 28.2 Å². The number of halogens is 1. The molecule has 150 valence electrons. The fourth-order valence-electron chi connectivity index (χ4n) is 2.92. The van der Waals surface area contributed by atoms with Crippen molar-refractivity contribution in [1.29, 1.82) is 0 Å². The molecule has 0 aliphatic rings. The Bertz CT molecular complexity index is 1110. The number of nitrogens with zero attached hydrogens (tertiary/aromatic N) is 2. The van der Waals surface area contributed by atoms with E-state index < -0.39 is 0 Å². The van der Waals surface area contributed by atoms with Crippen LogP contribution in [0.5, 0.6) is 5.75 Å². The molecular weight excluding hydrogens is 391 g/mol. The summed E-state index contributed by atoms with van der Waals surface area (Å²) in [7, 11) is 3.18. The number of ether oxygens (including phenoxy) is 1. The van der Waals surface area contributed by atoms with E-state index in [9.17, 15) is 14.0 Å². The molecule has 5 nitrogen and oxygen atoms in total. The van der Waals surface area contributed by atoms with Gasteiger partial charge in [-0.05, 0) is 36.8 Å². The summed E-state index contributed by atoms with van der Waals surface area (Å²) >= 11 is 1.21. The quantitative estimate of drug-likeness (QED) is 0.336. The van der Waals surface area contributed by atoms with Gasteiger partial charge >= 0.3 is 0 Å². The summed E-state index contributed by atoms with van der Waals surface area (Å²) in [6.45, 7) is 1.75. The molecule has 0 aliphatic carbocycles. The van der Waals surface area contributed by atoms with Crippen LogP contribution in [0.1, 0.15) is 27.2 Å². The van der Waals surface area contributed by atoms with Crippen molar-refractivity contribution in [3.63, 3.8) is 0 Å². The summed E-state index contributed by atoms with van der Waals surface area (Å²) in [5.74, 6) is 0.345. The Morgan fingerprint density at radius 3 is 2.69 bits per heavy atom. The first-order valence-corrected chi connectivity index (χ1v) is 9.98. The number of ketones is 1. The van der Waals surface area contributed by atoms with Crippen molar-refractivity contribution in [2.24, 2.45) is 7.05 Å². The molecule has 1 heterocycles. The van der Waals surface area contributed by atoms with Gasteiger partial charge in [0.25, 0.3) is 5.56 Å². The van der Waals surface area contributed by atoms with Gasteiger partial charge < -0.3 is 4.74 Å². The lowest BCUT2D eigenvalue weighted by molar-refractivity contribution is 0.102. The highest BCUT2D eigenvalue weighted by Gasteiger charge is 2.15. The highest BCUT2D eigenvalue weighted by atomic mass is 32.2. The predicted octanol–water partition coefficient (Wildman–Crippen LogP) is 3.80. The van der Waals surface area contributed by atoms with Gasteiger partial charge in [0.1, 0.15) is 11.6 Å². The number of hydrogen-bond donors (Lipinski definition) is 0. The molecule has 3 aromatic rings. The molecule has 0 aliphatic heterocycles. The number of aromatic nitrogens is 2. The topological polar surface area (TPSA) is 61.2 Å². The number of carbonyl (C=O) groups excluding carboxylic acids is 1. The van der Waals surface area contributed by atoms with Crippen LogP contribution in [0, 0.1) is 12.7 Å². The van der Waals surface area contributed by atoms with E-state index in [0.717, 1.165) is 0 Å². The number of hydrogen-bond acceptors (Lipinski definition) is 5. The SMILES string of the molecule is COc1cccc(C(=O)CSc2nc(C)c(Cc3cccc(F)c3)c(=O)n2C)c1. The van der Waals surface area contributed by atoms with Crippen LogP contribution in [0.25, 0.3) is 0 Å². The van der Waals surface area contributed by atoms with Gasteiger partial charge in [0.2, 0.25) is 0 Å². The van der Waals surface area contributed by atoms with Crippen molar-refractivity contribution in [3.05, 3.63) is 87.1 Å². The van der Waals surface area contributed by atoms with Crippen molar-refractivity contribution in [2.45, 2.75) is 18.5 Å². The maximum atomic E-state index is 13.4. The maximum Gasteiger partial charge on any atom is 0.257 e. The number of thioether (sulfide) groups is 1. The highest BCUT2D eigenvalue weighted by Crippen LogP contribution is 2.20. The number of benzene rings is 2. The molecule has 1 aromatic heterocycles. The van der Waals surface area contributed by atoms with Crippen molar-refractivity contribution in [2.75, 3.05) is 12.9 Å². The lowest BCUT2D eigenvalue weighted by Crippen LogP contribution is -2.26. The molecular formula is C22H21FN2O3S. The summed E-state index contributed by atoms with van der Waals surface area (Å²) in [4.78, 5) is 29.8. The fraction of sp³-hybridized carbons (Fsp3) is 0.227. The van der Waals surface area contributed by atoms with E-state index in [0.29, 0.717) is 39.7 Å². The Labute approximate surface area is 172 Å².